The van der Waals surface area contributed by atoms with Crippen LogP contribution in [-0.2, 0) is 6.61 Å². The number of hydrogen-bond donors (Lipinski definition) is 3. The zero-order chi connectivity index (χ0) is 27.2. The smallest absolute Gasteiger partial charge is 0.317 e. The predicted molar refractivity (Wildman–Crippen MR) is 130 cm³/mol. The summed E-state index contributed by atoms with van der Waals surface area (Å²) in [6.07, 6.45) is -2.34. The molecule has 10 nitrogen and oxygen atoms in total. The summed E-state index contributed by atoms with van der Waals surface area (Å²) in [5.74, 6) is -0.671. The number of nitrogens with two attached hydrogens (primary N) is 1. The van der Waals surface area contributed by atoms with Crippen molar-refractivity contribution in [1.82, 2.24) is 24.9 Å². The maximum Gasteiger partial charge on any atom is 0.317 e. The molecular formula is C25H23F3N6O4. The summed E-state index contributed by atoms with van der Waals surface area (Å²) in [7, 11) is 0. The quantitative estimate of drug-likeness (QED) is 0.280. The lowest BCUT2D eigenvalue weighted by Crippen LogP contribution is -2.26. The lowest BCUT2D eigenvalue weighted by molar-refractivity contribution is 0.0557. The molecule has 0 atom stereocenters. The van der Waals surface area contributed by atoms with Crippen molar-refractivity contribution in [2.24, 2.45) is 0 Å². The Hall–Kier alpha value is -4.36. The zero-order valence-electron chi connectivity index (χ0n) is 20.1. The van der Waals surface area contributed by atoms with E-state index in [4.69, 9.17) is 15.2 Å². The van der Waals surface area contributed by atoms with Crippen molar-refractivity contribution in [3.63, 3.8) is 0 Å². The van der Waals surface area contributed by atoms with Crippen molar-refractivity contribution < 1.29 is 32.9 Å². The molecule has 0 fully saturated rings. The normalized spacial score (nSPS) is 11.3. The summed E-state index contributed by atoms with van der Waals surface area (Å²) in [5.41, 5.74) is 7.39. The molecule has 0 saturated carbocycles. The molecule has 4 rings (SSSR count). The number of aliphatic hydroxyl groups is 2. The molecule has 0 saturated heterocycles. The van der Waals surface area contributed by atoms with Crippen LogP contribution in [0.4, 0.5) is 19.1 Å². The van der Waals surface area contributed by atoms with Crippen molar-refractivity contribution in [3.05, 3.63) is 71.6 Å². The topological polar surface area (TPSA) is 149 Å². The second-order valence-corrected chi connectivity index (χ2v) is 8.06. The number of aryl methyl sites for hydroxylation is 1. The van der Waals surface area contributed by atoms with Crippen LogP contribution in [0.3, 0.4) is 0 Å². The van der Waals surface area contributed by atoms with Gasteiger partial charge in [0.25, 0.3) is 6.43 Å². The summed E-state index contributed by atoms with van der Waals surface area (Å²) in [5, 5.41) is 18.4. The Balaban J connectivity index is 1.78. The average Bonchev–Trinajstić information content (AvgIpc) is 2.90. The van der Waals surface area contributed by atoms with E-state index in [1.807, 2.05) is 0 Å². The Bertz CT molecular complexity index is 1400. The molecular weight excluding hydrogens is 505 g/mol. The number of aliphatic hydroxyl groups excluding tert-OH is 2. The summed E-state index contributed by atoms with van der Waals surface area (Å²) in [6.45, 7) is 0.518. The molecule has 0 amide bonds. The number of anilines is 1. The zero-order valence-corrected chi connectivity index (χ0v) is 20.1. The van der Waals surface area contributed by atoms with E-state index < -0.39 is 37.3 Å². The molecule has 0 aliphatic carbocycles. The van der Waals surface area contributed by atoms with Crippen molar-refractivity contribution in [3.8, 4) is 34.3 Å². The van der Waals surface area contributed by atoms with Crippen LogP contribution in [0.1, 0.15) is 23.5 Å². The van der Waals surface area contributed by atoms with Crippen molar-refractivity contribution >= 4 is 5.95 Å². The number of ether oxygens (including phenoxy) is 2. The maximum absolute atomic E-state index is 13.6. The first-order valence-electron chi connectivity index (χ1n) is 11.3. The Morgan fingerprint density at radius 2 is 1.68 bits per heavy atom. The molecule has 0 spiro atoms. The molecule has 4 aromatic rings. The van der Waals surface area contributed by atoms with Crippen LogP contribution in [0.25, 0.3) is 22.4 Å². The van der Waals surface area contributed by atoms with E-state index in [-0.39, 0.29) is 35.7 Å². The van der Waals surface area contributed by atoms with E-state index in [1.54, 1.807) is 13.0 Å². The number of rotatable bonds is 10. The highest BCUT2D eigenvalue weighted by Gasteiger charge is 2.22. The van der Waals surface area contributed by atoms with Gasteiger partial charge in [0.2, 0.25) is 11.8 Å². The maximum atomic E-state index is 13.6. The van der Waals surface area contributed by atoms with Crippen molar-refractivity contribution in [2.75, 3.05) is 18.9 Å². The Labute approximate surface area is 215 Å². The molecule has 38 heavy (non-hydrogen) atoms. The van der Waals surface area contributed by atoms with Gasteiger partial charge in [0.1, 0.15) is 24.2 Å². The number of nitrogen functional groups attached to an aromatic ring is 1. The number of hydrogen-bond acceptors (Lipinski definition) is 10. The number of halogens is 3. The van der Waals surface area contributed by atoms with Crippen molar-refractivity contribution in [2.45, 2.75) is 26.1 Å². The van der Waals surface area contributed by atoms with Gasteiger partial charge in [-0.15, -0.1) is 0 Å². The molecule has 0 aliphatic rings. The second-order valence-electron chi connectivity index (χ2n) is 8.06. The monoisotopic (exact) mass is 528 g/mol. The van der Waals surface area contributed by atoms with Crippen LogP contribution in [0, 0.1) is 12.7 Å². The van der Waals surface area contributed by atoms with E-state index in [1.165, 1.54) is 42.6 Å². The number of pyridine rings is 1. The number of alkyl halides is 2. The van der Waals surface area contributed by atoms with Gasteiger partial charge in [-0.2, -0.15) is 9.97 Å². The van der Waals surface area contributed by atoms with Gasteiger partial charge >= 0.3 is 6.01 Å². The molecule has 3 aromatic heterocycles. The molecule has 3 heterocycles. The lowest BCUT2D eigenvalue weighted by atomic mass is 9.99. The van der Waals surface area contributed by atoms with Crippen LogP contribution >= 0.6 is 0 Å². The van der Waals surface area contributed by atoms with Gasteiger partial charge in [0.05, 0.1) is 30.2 Å². The number of nitrogens with zero attached hydrogens (tertiary/aromatic N) is 5. The number of benzene rings is 1. The third kappa shape index (κ3) is 6.30. The van der Waals surface area contributed by atoms with Gasteiger partial charge in [-0.1, -0.05) is 0 Å². The van der Waals surface area contributed by atoms with Gasteiger partial charge in [-0.25, -0.2) is 23.1 Å². The van der Waals surface area contributed by atoms with Gasteiger partial charge in [0, 0.05) is 17.5 Å². The SMILES string of the molecule is Cc1cc(-c2c(OCc3ccnc(OC(CO)CO)n3)nc(N)nc2-c2ccc(F)cc2)cc(C(F)F)n1. The predicted octanol–water partition coefficient (Wildman–Crippen LogP) is 3.27. The average molecular weight is 528 g/mol. The van der Waals surface area contributed by atoms with Crippen LogP contribution in [0.2, 0.25) is 0 Å². The summed E-state index contributed by atoms with van der Waals surface area (Å²) < 4.78 is 52.0. The van der Waals surface area contributed by atoms with Crippen LogP contribution in [0.5, 0.6) is 11.9 Å². The molecule has 13 heteroatoms. The molecule has 4 N–H and O–H groups in total. The van der Waals surface area contributed by atoms with Gasteiger partial charge < -0.3 is 25.4 Å². The minimum atomic E-state index is -2.83. The Kier molecular flexibility index (Phi) is 8.28. The highest BCUT2D eigenvalue weighted by molar-refractivity contribution is 5.85. The summed E-state index contributed by atoms with van der Waals surface area (Å²) in [6, 6.07) is 9.62. The minimum Gasteiger partial charge on any atom is -0.471 e. The second kappa shape index (κ2) is 11.8. The van der Waals surface area contributed by atoms with Crippen LogP contribution in [-0.4, -0.2) is 54.5 Å². The van der Waals surface area contributed by atoms with Gasteiger partial charge in [0.15, 0.2) is 0 Å². The third-order valence-electron chi connectivity index (χ3n) is 5.22. The summed E-state index contributed by atoms with van der Waals surface area (Å²) in [4.78, 5) is 20.5. The highest BCUT2D eigenvalue weighted by Crippen LogP contribution is 2.39. The molecule has 1 aromatic carbocycles. The summed E-state index contributed by atoms with van der Waals surface area (Å²) >= 11 is 0. The van der Waals surface area contributed by atoms with Crippen LogP contribution in [0.15, 0.2) is 48.7 Å². The molecule has 0 radical (unpaired) electrons. The standard InChI is InChI=1S/C25H23F3N6O4/c1-13-8-15(9-19(31-13)22(27)28)20-21(14-2-4-16(26)5-3-14)33-24(29)34-23(20)37-12-17-6-7-30-25(32-17)38-18(10-35)11-36/h2-9,18,22,35-36H,10-12H2,1H3,(H2,29,33,34). The molecule has 0 unspecified atom stereocenters. The number of aromatic nitrogens is 5. The van der Waals surface area contributed by atoms with E-state index in [9.17, 15) is 23.4 Å². The van der Waals surface area contributed by atoms with Gasteiger partial charge in [-0.3, -0.25) is 4.98 Å². The first-order valence-corrected chi connectivity index (χ1v) is 11.3. The van der Waals surface area contributed by atoms with E-state index in [0.29, 0.717) is 22.5 Å². The molecule has 0 aliphatic heterocycles. The fourth-order valence-corrected chi connectivity index (χ4v) is 3.53. The van der Waals surface area contributed by atoms with Crippen molar-refractivity contribution in [1.29, 1.82) is 0 Å². The van der Waals surface area contributed by atoms with Crippen LogP contribution < -0.4 is 15.2 Å². The fraction of sp³-hybridized carbons (Fsp3) is 0.240. The first-order chi connectivity index (χ1) is 18.3. The lowest BCUT2D eigenvalue weighted by Gasteiger charge is -2.17. The Morgan fingerprint density at radius 3 is 2.37 bits per heavy atom. The molecule has 198 valence electrons. The van der Waals surface area contributed by atoms with E-state index in [2.05, 4.69) is 24.9 Å². The fourth-order valence-electron chi connectivity index (χ4n) is 3.53. The minimum absolute atomic E-state index is 0.0349. The van der Waals surface area contributed by atoms with E-state index in [0.717, 1.165) is 0 Å². The van der Waals surface area contributed by atoms with E-state index >= 15 is 0 Å². The highest BCUT2D eigenvalue weighted by atomic mass is 19.3. The largest absolute Gasteiger partial charge is 0.471 e. The molecule has 0 bridgehead atoms. The Morgan fingerprint density at radius 1 is 0.947 bits per heavy atom. The van der Waals surface area contributed by atoms with Gasteiger partial charge in [-0.05, 0) is 55.0 Å². The third-order valence-corrected chi connectivity index (χ3v) is 5.22. The first kappa shape index (κ1) is 26.7.